The maximum Gasteiger partial charge on any atom is 0.256 e. The summed E-state index contributed by atoms with van der Waals surface area (Å²) in [4.78, 5) is 14.0. The number of hydrogen-bond acceptors (Lipinski definition) is 5. The second-order valence-electron chi connectivity index (χ2n) is 5.27. The minimum Gasteiger partial charge on any atom is -0.423 e. The normalized spacial score (nSPS) is 21.0. The maximum atomic E-state index is 13.7. The number of amides is 1. The van der Waals surface area contributed by atoms with Gasteiger partial charge in [-0.05, 0) is 12.1 Å². The highest BCUT2D eigenvalue weighted by molar-refractivity contribution is 6.36. The molecule has 122 valence electrons. The molecule has 0 bridgehead atoms. The third-order valence-electron chi connectivity index (χ3n) is 3.61. The van der Waals surface area contributed by atoms with E-state index in [0.717, 1.165) is 6.07 Å². The Labute approximate surface area is 140 Å². The van der Waals surface area contributed by atoms with Crippen LogP contribution in [-0.4, -0.2) is 38.8 Å². The molecule has 23 heavy (non-hydrogen) atoms. The number of benzene rings is 1. The van der Waals surface area contributed by atoms with Gasteiger partial charge < -0.3 is 14.4 Å². The zero-order valence-corrected chi connectivity index (χ0v) is 13.5. The van der Waals surface area contributed by atoms with Gasteiger partial charge in [0.2, 0.25) is 11.8 Å². The fourth-order valence-corrected chi connectivity index (χ4v) is 3.02. The summed E-state index contributed by atoms with van der Waals surface area (Å²) in [6.07, 6.45) is -0.492. The molecule has 1 N–H and O–H groups in total. The third kappa shape index (κ3) is 3.04. The molecule has 1 aliphatic heterocycles. The minimum absolute atomic E-state index is 0.0308. The highest BCUT2D eigenvalue weighted by Gasteiger charge is 2.39. The lowest BCUT2D eigenvalue weighted by Crippen LogP contribution is -2.32. The second-order valence-corrected chi connectivity index (χ2v) is 6.08. The van der Waals surface area contributed by atoms with Gasteiger partial charge in [0.15, 0.2) is 0 Å². The molecular weight excluding hydrogens is 348 g/mol. The number of aliphatic hydroxyl groups excluding tert-OH is 1. The molecule has 1 aliphatic rings. The zero-order valence-electron chi connectivity index (χ0n) is 12.0. The molecular formula is C14H12Cl2FN3O3. The Morgan fingerprint density at radius 1 is 1.39 bits per heavy atom. The molecule has 1 fully saturated rings. The number of nitrogens with zero attached hydrogens (tertiary/aromatic N) is 3. The molecule has 2 heterocycles. The number of aromatic nitrogens is 2. The van der Waals surface area contributed by atoms with Crippen molar-refractivity contribution in [1.82, 2.24) is 15.1 Å². The number of likely N-dealkylation sites (tertiary alicyclic amines) is 1. The molecule has 1 aromatic carbocycles. The molecule has 1 saturated heterocycles. The summed E-state index contributed by atoms with van der Waals surface area (Å²) in [5.74, 6) is -0.713. The second kappa shape index (κ2) is 6.07. The van der Waals surface area contributed by atoms with E-state index in [4.69, 9.17) is 27.6 Å². The molecule has 9 heteroatoms. The standard InChI is InChI=1S/C14H12Cl2FN3O3/c1-6-18-19-13(23-6)12-2-7(21)5-20(12)14(22)8-3-11(17)10(16)4-9(8)15/h3-4,7,12,21H,2,5H2,1H3/t7-,12-/m1/s1. The molecule has 0 aliphatic carbocycles. The van der Waals surface area contributed by atoms with Crippen LogP contribution in [0, 0.1) is 12.7 Å². The summed E-state index contributed by atoms with van der Waals surface area (Å²) >= 11 is 11.6. The van der Waals surface area contributed by atoms with E-state index >= 15 is 0 Å². The lowest BCUT2D eigenvalue weighted by Gasteiger charge is -2.22. The summed E-state index contributed by atoms with van der Waals surface area (Å²) < 4.78 is 19.0. The fraction of sp³-hybridized carbons (Fsp3) is 0.357. The lowest BCUT2D eigenvalue weighted by atomic mass is 10.1. The first-order valence-corrected chi connectivity index (χ1v) is 7.56. The molecule has 2 atom stereocenters. The van der Waals surface area contributed by atoms with Gasteiger partial charge in [-0.25, -0.2) is 4.39 Å². The summed E-state index contributed by atoms with van der Waals surface area (Å²) in [7, 11) is 0. The Kier molecular flexibility index (Phi) is 4.27. The van der Waals surface area contributed by atoms with Crippen LogP contribution in [-0.2, 0) is 0 Å². The van der Waals surface area contributed by atoms with Crippen LogP contribution in [0.1, 0.15) is 34.6 Å². The van der Waals surface area contributed by atoms with E-state index < -0.39 is 23.9 Å². The van der Waals surface area contributed by atoms with Crippen molar-refractivity contribution in [3.63, 3.8) is 0 Å². The van der Waals surface area contributed by atoms with Crippen LogP contribution in [0.15, 0.2) is 16.5 Å². The molecule has 1 amide bonds. The summed E-state index contributed by atoms with van der Waals surface area (Å²) in [6, 6.07) is 1.56. The van der Waals surface area contributed by atoms with E-state index in [9.17, 15) is 14.3 Å². The molecule has 6 nitrogen and oxygen atoms in total. The third-order valence-corrected chi connectivity index (χ3v) is 4.21. The highest BCUT2D eigenvalue weighted by Crippen LogP contribution is 2.34. The van der Waals surface area contributed by atoms with Crippen LogP contribution in [0.4, 0.5) is 4.39 Å². The molecule has 0 spiro atoms. The Bertz CT molecular complexity index is 768. The predicted octanol–water partition coefficient (Wildman–Crippen LogP) is 2.77. The zero-order chi connectivity index (χ0) is 16.7. The van der Waals surface area contributed by atoms with Crippen LogP contribution in [0.25, 0.3) is 0 Å². The topological polar surface area (TPSA) is 79.5 Å². The number of hydrogen-bond donors (Lipinski definition) is 1. The molecule has 0 radical (unpaired) electrons. The van der Waals surface area contributed by atoms with Crippen molar-refractivity contribution >= 4 is 29.1 Å². The van der Waals surface area contributed by atoms with Crippen LogP contribution in [0.5, 0.6) is 0 Å². The van der Waals surface area contributed by atoms with Gasteiger partial charge in [-0.3, -0.25) is 4.79 Å². The van der Waals surface area contributed by atoms with Crippen molar-refractivity contribution in [2.45, 2.75) is 25.5 Å². The van der Waals surface area contributed by atoms with Gasteiger partial charge in [0.1, 0.15) is 11.9 Å². The Morgan fingerprint density at radius 3 is 2.78 bits per heavy atom. The Balaban J connectivity index is 1.95. The number of carbonyl (C=O) groups is 1. The summed E-state index contributed by atoms with van der Waals surface area (Å²) in [5.41, 5.74) is -0.0381. The van der Waals surface area contributed by atoms with Crippen molar-refractivity contribution in [2.24, 2.45) is 0 Å². The lowest BCUT2D eigenvalue weighted by molar-refractivity contribution is 0.0697. The van der Waals surface area contributed by atoms with Gasteiger partial charge in [-0.15, -0.1) is 10.2 Å². The monoisotopic (exact) mass is 359 g/mol. The van der Waals surface area contributed by atoms with Gasteiger partial charge in [0.25, 0.3) is 5.91 Å². The first kappa shape index (κ1) is 16.2. The van der Waals surface area contributed by atoms with E-state index in [-0.39, 0.29) is 34.5 Å². The molecule has 2 aromatic rings. The number of aryl methyl sites for hydroxylation is 1. The largest absolute Gasteiger partial charge is 0.423 e. The number of halogens is 3. The first-order valence-electron chi connectivity index (χ1n) is 6.80. The highest BCUT2D eigenvalue weighted by atomic mass is 35.5. The first-order chi connectivity index (χ1) is 10.9. The van der Waals surface area contributed by atoms with Gasteiger partial charge in [0.05, 0.1) is 21.7 Å². The van der Waals surface area contributed by atoms with Crippen molar-refractivity contribution < 1.29 is 18.7 Å². The van der Waals surface area contributed by atoms with Crippen LogP contribution >= 0.6 is 23.2 Å². The average molecular weight is 360 g/mol. The van der Waals surface area contributed by atoms with E-state index in [1.807, 2.05) is 0 Å². The van der Waals surface area contributed by atoms with E-state index in [1.54, 1.807) is 6.92 Å². The number of aliphatic hydroxyl groups is 1. The number of carbonyl (C=O) groups excluding carboxylic acids is 1. The fourth-order valence-electron chi connectivity index (χ4n) is 2.56. The van der Waals surface area contributed by atoms with Gasteiger partial charge in [-0.2, -0.15) is 0 Å². The van der Waals surface area contributed by atoms with E-state index in [0.29, 0.717) is 5.89 Å². The average Bonchev–Trinajstić information content (AvgIpc) is 3.08. The van der Waals surface area contributed by atoms with Crippen molar-refractivity contribution in [3.05, 3.63) is 45.3 Å². The van der Waals surface area contributed by atoms with Crippen LogP contribution in [0.2, 0.25) is 10.0 Å². The minimum atomic E-state index is -0.746. The molecule has 3 rings (SSSR count). The van der Waals surface area contributed by atoms with Gasteiger partial charge in [-0.1, -0.05) is 23.2 Å². The smallest absolute Gasteiger partial charge is 0.256 e. The quantitative estimate of drug-likeness (QED) is 0.834. The van der Waals surface area contributed by atoms with Crippen molar-refractivity contribution in [3.8, 4) is 0 Å². The molecule has 0 saturated carbocycles. The summed E-state index contributed by atoms with van der Waals surface area (Å²) in [5, 5.41) is 17.4. The predicted molar refractivity (Wildman–Crippen MR) is 79.9 cm³/mol. The van der Waals surface area contributed by atoms with Crippen LogP contribution in [0.3, 0.4) is 0 Å². The van der Waals surface area contributed by atoms with E-state index in [1.165, 1.54) is 11.0 Å². The van der Waals surface area contributed by atoms with Crippen molar-refractivity contribution in [2.75, 3.05) is 6.54 Å². The van der Waals surface area contributed by atoms with E-state index in [2.05, 4.69) is 10.2 Å². The number of rotatable bonds is 2. The van der Waals surface area contributed by atoms with Gasteiger partial charge in [0, 0.05) is 19.9 Å². The molecule has 0 unspecified atom stereocenters. The van der Waals surface area contributed by atoms with Crippen molar-refractivity contribution in [1.29, 1.82) is 0 Å². The SMILES string of the molecule is Cc1nnc([C@H]2C[C@@H](O)CN2C(=O)c2cc(F)c(Cl)cc2Cl)o1. The summed E-state index contributed by atoms with van der Waals surface area (Å²) in [6.45, 7) is 1.69. The Morgan fingerprint density at radius 2 is 2.13 bits per heavy atom. The maximum absolute atomic E-state index is 13.7. The Hall–Kier alpha value is -1.70. The molecule has 1 aromatic heterocycles. The van der Waals surface area contributed by atoms with Crippen LogP contribution < -0.4 is 0 Å². The van der Waals surface area contributed by atoms with Gasteiger partial charge >= 0.3 is 0 Å². The number of β-amino-alcohol motifs (C(OH)–C–C–N with tert-alkyl or cyclic N) is 1.